The van der Waals surface area contributed by atoms with Gasteiger partial charge in [0.1, 0.15) is 0 Å². The van der Waals surface area contributed by atoms with E-state index < -0.39 is 0 Å². The molecule has 0 aliphatic carbocycles. The second-order valence-electron chi connectivity index (χ2n) is 4.38. The van der Waals surface area contributed by atoms with Crippen molar-refractivity contribution in [3.05, 3.63) is 0 Å². The second kappa shape index (κ2) is 42.8. The zero-order chi connectivity index (χ0) is 17.2. The molecule has 21 heavy (non-hydrogen) atoms. The van der Waals surface area contributed by atoms with Crippen LogP contribution in [0.2, 0.25) is 4.44 Å². The molecule has 0 saturated carbocycles. The van der Waals surface area contributed by atoms with E-state index in [4.69, 9.17) is 0 Å². The summed E-state index contributed by atoms with van der Waals surface area (Å²) in [6.07, 6.45) is 6.94. The van der Waals surface area contributed by atoms with Crippen LogP contribution in [0.5, 0.6) is 0 Å². The van der Waals surface area contributed by atoms with Crippen LogP contribution in [0.25, 0.3) is 0 Å². The van der Waals surface area contributed by atoms with Gasteiger partial charge in [0.15, 0.2) is 0 Å². The number of unbranched alkanes of at least 4 members (excludes halogenated alkanes) is 3. The predicted molar refractivity (Wildman–Crippen MR) is 88.4 cm³/mol. The van der Waals surface area contributed by atoms with Crippen LogP contribution >= 0.6 is 0 Å². The Kier molecular flexibility index (Phi) is 60.4. The SMILES string of the molecule is CCCC[O-].CCCC[O-].CCCC[O-].CNCC[CH2][Sn+3]. The van der Waals surface area contributed by atoms with Crippen molar-refractivity contribution < 1.29 is 15.3 Å². The average molecular weight is 410 g/mol. The van der Waals surface area contributed by atoms with Crippen molar-refractivity contribution in [2.45, 2.75) is 70.2 Å². The quantitative estimate of drug-likeness (QED) is 0.447. The summed E-state index contributed by atoms with van der Waals surface area (Å²) < 4.78 is 1.38. The molecular formula is C16H37NO3Sn. The van der Waals surface area contributed by atoms with Gasteiger partial charge >= 0.3 is 52.3 Å². The third-order valence-corrected chi connectivity index (χ3v) is 3.11. The van der Waals surface area contributed by atoms with Crippen molar-refractivity contribution in [3.63, 3.8) is 0 Å². The molecule has 128 valence electrons. The van der Waals surface area contributed by atoms with Gasteiger partial charge in [-0.1, -0.05) is 59.3 Å². The van der Waals surface area contributed by atoms with Crippen LogP contribution in [-0.2, 0) is 0 Å². The normalized spacial score (nSPS) is 8.62. The fourth-order valence-electron chi connectivity index (χ4n) is 0.698. The van der Waals surface area contributed by atoms with Gasteiger partial charge in [-0.25, -0.2) is 0 Å². The molecule has 0 aromatic carbocycles. The van der Waals surface area contributed by atoms with Gasteiger partial charge in [-0.2, -0.15) is 0 Å². The molecule has 0 amide bonds. The summed E-state index contributed by atoms with van der Waals surface area (Å²) in [4.78, 5) is 0. The Morgan fingerprint density at radius 2 is 1.05 bits per heavy atom. The van der Waals surface area contributed by atoms with Gasteiger partial charge in [-0.15, -0.1) is 19.8 Å². The third-order valence-electron chi connectivity index (χ3n) is 2.10. The van der Waals surface area contributed by atoms with Gasteiger partial charge in [0.05, 0.1) is 0 Å². The summed E-state index contributed by atoms with van der Waals surface area (Å²) in [6.45, 7) is 7.50. The first kappa shape index (κ1) is 29.6. The molecule has 0 aromatic heterocycles. The van der Waals surface area contributed by atoms with Crippen LogP contribution in [0.1, 0.15) is 65.7 Å². The Bertz CT molecular complexity index is 95.4. The molecule has 1 N–H and O–H groups in total. The molecule has 0 bridgehead atoms. The average Bonchev–Trinajstić information content (AvgIpc) is 2.49. The van der Waals surface area contributed by atoms with Gasteiger partial charge in [0.25, 0.3) is 0 Å². The summed E-state index contributed by atoms with van der Waals surface area (Å²) in [5.74, 6) is 0. The molecular weight excluding hydrogens is 373 g/mol. The number of hydrogen-bond acceptors (Lipinski definition) is 4. The molecule has 0 radical (unpaired) electrons. The van der Waals surface area contributed by atoms with E-state index in [1.807, 2.05) is 27.8 Å². The molecule has 0 rings (SSSR count). The monoisotopic (exact) mass is 411 g/mol. The van der Waals surface area contributed by atoms with Crippen molar-refractivity contribution in [2.75, 3.05) is 33.4 Å². The van der Waals surface area contributed by atoms with Crippen LogP contribution in [0, 0.1) is 0 Å². The molecule has 0 unspecified atom stereocenters. The Balaban J connectivity index is -0.0000000921. The Labute approximate surface area is 146 Å². The number of hydrogen-bond donors (Lipinski definition) is 1. The maximum absolute atomic E-state index is 9.53. The van der Waals surface area contributed by atoms with Gasteiger partial charge in [-0.3, -0.25) is 0 Å². The molecule has 0 aliphatic rings. The van der Waals surface area contributed by atoms with E-state index in [1.165, 1.54) is 17.4 Å². The standard InChI is InChI=1S/C4H10N.3C4H9O.Sn/c1-3-4-5-2;3*1-2-3-4-5;/h5H,1,3-4H2,2H3;3*2-4H2,1H3;/q;3*-1;+3. The topological polar surface area (TPSA) is 81.2 Å². The van der Waals surface area contributed by atoms with Gasteiger partial charge in [-0.05, 0) is 0 Å². The summed E-state index contributed by atoms with van der Waals surface area (Å²) in [7, 11) is 1.99. The van der Waals surface area contributed by atoms with Crippen molar-refractivity contribution in [3.8, 4) is 0 Å². The molecule has 0 atom stereocenters. The summed E-state index contributed by atoms with van der Waals surface area (Å²) in [6, 6.07) is 0. The first-order valence-electron chi connectivity index (χ1n) is 8.19. The zero-order valence-corrected chi connectivity index (χ0v) is 17.6. The van der Waals surface area contributed by atoms with E-state index in [9.17, 15) is 15.3 Å². The fourth-order valence-corrected chi connectivity index (χ4v) is 1.20. The Morgan fingerprint density at radius 1 is 0.714 bits per heavy atom. The van der Waals surface area contributed by atoms with Gasteiger partial charge < -0.3 is 15.3 Å². The van der Waals surface area contributed by atoms with Crippen molar-refractivity contribution in [2.24, 2.45) is 0 Å². The van der Waals surface area contributed by atoms with Crippen molar-refractivity contribution in [1.82, 2.24) is 5.32 Å². The summed E-state index contributed by atoms with van der Waals surface area (Å²) in [5.41, 5.74) is 0. The van der Waals surface area contributed by atoms with Crippen LogP contribution < -0.4 is 20.6 Å². The van der Waals surface area contributed by atoms with Gasteiger partial charge in [0.2, 0.25) is 0 Å². The second-order valence-corrected chi connectivity index (χ2v) is 5.81. The van der Waals surface area contributed by atoms with E-state index in [1.54, 1.807) is 22.5 Å². The number of nitrogens with one attached hydrogen (secondary N) is 1. The molecule has 0 spiro atoms. The van der Waals surface area contributed by atoms with E-state index in [0.717, 1.165) is 38.5 Å². The van der Waals surface area contributed by atoms with Crippen LogP contribution in [0.3, 0.4) is 0 Å². The zero-order valence-electron chi connectivity index (χ0n) is 14.7. The Hall–Kier alpha value is 0.639. The van der Waals surface area contributed by atoms with E-state index in [0.29, 0.717) is 0 Å². The molecule has 0 aromatic rings. The van der Waals surface area contributed by atoms with Crippen LogP contribution in [0.15, 0.2) is 0 Å². The first-order chi connectivity index (χ1) is 10.2. The minimum absolute atomic E-state index is 0.0938. The summed E-state index contributed by atoms with van der Waals surface area (Å²) in [5, 5.41) is 31.7. The minimum atomic E-state index is 0.0938. The van der Waals surface area contributed by atoms with Gasteiger partial charge in [0, 0.05) is 0 Å². The molecule has 4 nitrogen and oxygen atoms in total. The number of rotatable bonds is 9. The first-order valence-corrected chi connectivity index (χ1v) is 10.2. The predicted octanol–water partition coefficient (Wildman–Crippen LogP) is 0.623. The fraction of sp³-hybridized carbons (Fsp3) is 1.00. The van der Waals surface area contributed by atoms with E-state index in [-0.39, 0.29) is 19.8 Å². The van der Waals surface area contributed by atoms with Crippen molar-refractivity contribution in [1.29, 1.82) is 0 Å². The van der Waals surface area contributed by atoms with Crippen LogP contribution in [0.4, 0.5) is 0 Å². The Morgan fingerprint density at radius 3 is 1.10 bits per heavy atom. The molecule has 0 aliphatic heterocycles. The van der Waals surface area contributed by atoms with Crippen molar-refractivity contribution >= 4 is 22.5 Å². The summed E-state index contributed by atoms with van der Waals surface area (Å²) >= 11 is 1.65. The molecule has 5 heteroatoms. The maximum atomic E-state index is 9.53. The van der Waals surface area contributed by atoms with Crippen LogP contribution in [-0.4, -0.2) is 55.9 Å². The van der Waals surface area contributed by atoms with E-state index >= 15 is 0 Å². The third kappa shape index (κ3) is 77.2. The molecule has 0 heterocycles. The molecule has 0 saturated heterocycles. The molecule has 0 fully saturated rings. The van der Waals surface area contributed by atoms with E-state index in [2.05, 4.69) is 5.32 Å².